The van der Waals surface area contributed by atoms with Crippen LogP contribution in [0.4, 0.5) is 11.5 Å². The summed E-state index contributed by atoms with van der Waals surface area (Å²) in [5.74, 6) is 0.307. The molecule has 0 aliphatic carbocycles. The van der Waals surface area contributed by atoms with Gasteiger partial charge in [-0.15, -0.1) is 0 Å². The van der Waals surface area contributed by atoms with Crippen molar-refractivity contribution in [1.82, 2.24) is 9.55 Å². The molecule has 0 spiro atoms. The van der Waals surface area contributed by atoms with Crippen molar-refractivity contribution >= 4 is 33.3 Å². The summed E-state index contributed by atoms with van der Waals surface area (Å²) in [5, 5.41) is 0. The smallest absolute Gasteiger partial charge is 0.330 e. The lowest BCUT2D eigenvalue weighted by Gasteiger charge is -2.25. The highest BCUT2D eigenvalue weighted by molar-refractivity contribution is 9.10. The fourth-order valence-electron chi connectivity index (χ4n) is 3.38. The van der Waals surface area contributed by atoms with Gasteiger partial charge in [0.1, 0.15) is 11.6 Å². The molecule has 3 aromatic rings. The van der Waals surface area contributed by atoms with Crippen molar-refractivity contribution in [3.8, 4) is 5.75 Å². The number of amides is 1. The van der Waals surface area contributed by atoms with Crippen LogP contribution in [0.15, 0.2) is 68.7 Å². The first-order chi connectivity index (χ1) is 16.4. The van der Waals surface area contributed by atoms with Crippen LogP contribution in [0.25, 0.3) is 0 Å². The van der Waals surface area contributed by atoms with Crippen LogP contribution in [0.5, 0.6) is 5.75 Å². The zero-order valence-electron chi connectivity index (χ0n) is 18.8. The average molecular weight is 531 g/mol. The zero-order valence-corrected chi connectivity index (χ0v) is 20.4. The number of carbonyl (C=O) groups is 1. The molecule has 3 N–H and O–H groups in total. The molecule has 34 heavy (non-hydrogen) atoms. The first-order valence-corrected chi connectivity index (χ1v) is 11.5. The van der Waals surface area contributed by atoms with Crippen LogP contribution in [0, 0.1) is 0 Å². The lowest BCUT2D eigenvalue weighted by molar-refractivity contribution is -0.119. The number of methoxy groups -OCH3 is 1. The third-order valence-electron chi connectivity index (χ3n) is 5.10. The van der Waals surface area contributed by atoms with E-state index in [4.69, 9.17) is 15.2 Å². The van der Waals surface area contributed by atoms with Crippen LogP contribution < -0.4 is 26.6 Å². The summed E-state index contributed by atoms with van der Waals surface area (Å²) in [6, 6.07) is 16.7. The number of nitrogen functional groups attached to an aromatic ring is 1. The molecule has 0 bridgehead atoms. The first kappa shape index (κ1) is 25.3. The molecule has 0 unspecified atom stereocenters. The summed E-state index contributed by atoms with van der Waals surface area (Å²) >= 11 is 3.37. The van der Waals surface area contributed by atoms with Gasteiger partial charge in [0, 0.05) is 18.0 Å². The molecule has 0 fully saturated rings. The van der Waals surface area contributed by atoms with Gasteiger partial charge >= 0.3 is 5.69 Å². The Morgan fingerprint density at radius 3 is 2.47 bits per heavy atom. The van der Waals surface area contributed by atoms with E-state index in [1.807, 2.05) is 54.6 Å². The van der Waals surface area contributed by atoms with Crippen molar-refractivity contribution in [1.29, 1.82) is 0 Å². The van der Waals surface area contributed by atoms with Crippen molar-refractivity contribution < 1.29 is 14.3 Å². The van der Waals surface area contributed by atoms with Gasteiger partial charge in [0.2, 0.25) is 5.91 Å². The minimum Gasteiger partial charge on any atom is -0.494 e. The molecular formula is C24H27BrN4O5. The Labute approximate surface area is 205 Å². The van der Waals surface area contributed by atoms with E-state index in [9.17, 15) is 14.4 Å². The number of aromatic amines is 1. The van der Waals surface area contributed by atoms with Gasteiger partial charge in [0.05, 0.1) is 26.3 Å². The highest BCUT2D eigenvalue weighted by Crippen LogP contribution is 2.21. The van der Waals surface area contributed by atoms with Gasteiger partial charge in [0.25, 0.3) is 5.56 Å². The first-order valence-electron chi connectivity index (χ1n) is 10.7. The second kappa shape index (κ2) is 12.2. The summed E-state index contributed by atoms with van der Waals surface area (Å²) in [7, 11) is 1.50. The molecule has 0 atom stereocenters. The molecule has 2 aromatic carbocycles. The maximum Gasteiger partial charge on any atom is 0.330 e. The molecule has 180 valence electrons. The Morgan fingerprint density at radius 1 is 1.09 bits per heavy atom. The second-order valence-electron chi connectivity index (χ2n) is 7.51. The molecule has 0 radical (unpaired) electrons. The molecule has 0 saturated carbocycles. The van der Waals surface area contributed by atoms with E-state index in [1.165, 1.54) is 16.6 Å². The maximum atomic E-state index is 13.3. The van der Waals surface area contributed by atoms with E-state index in [0.29, 0.717) is 18.8 Å². The van der Waals surface area contributed by atoms with Crippen molar-refractivity contribution in [2.24, 2.45) is 0 Å². The van der Waals surface area contributed by atoms with Crippen molar-refractivity contribution in [2.75, 3.05) is 31.0 Å². The number of H-pyrrole nitrogens is 1. The largest absolute Gasteiger partial charge is 0.494 e. The molecule has 1 aromatic heterocycles. The van der Waals surface area contributed by atoms with E-state index >= 15 is 0 Å². The Kier molecular flexibility index (Phi) is 9.06. The van der Waals surface area contributed by atoms with Gasteiger partial charge in [-0.25, -0.2) is 4.79 Å². The number of rotatable bonds is 11. The molecule has 1 heterocycles. The summed E-state index contributed by atoms with van der Waals surface area (Å²) < 4.78 is 12.9. The fraction of sp³-hybridized carbons (Fsp3) is 0.292. The minimum absolute atomic E-state index is 0.0571. The molecular weight excluding hydrogens is 504 g/mol. The fourth-order valence-corrected chi connectivity index (χ4v) is 3.64. The lowest BCUT2D eigenvalue weighted by atomic mass is 10.2. The number of nitrogens with zero attached hydrogens (tertiary/aromatic N) is 2. The van der Waals surface area contributed by atoms with Crippen LogP contribution in [-0.2, 0) is 22.6 Å². The van der Waals surface area contributed by atoms with Crippen molar-refractivity contribution in [3.63, 3.8) is 0 Å². The third-order valence-corrected chi connectivity index (χ3v) is 5.63. The number of ether oxygens (including phenoxy) is 2. The Morgan fingerprint density at radius 2 is 1.79 bits per heavy atom. The number of benzene rings is 2. The number of nitrogens with two attached hydrogens (primary N) is 1. The average Bonchev–Trinajstić information content (AvgIpc) is 2.82. The van der Waals surface area contributed by atoms with E-state index < -0.39 is 11.2 Å². The van der Waals surface area contributed by atoms with E-state index in [0.717, 1.165) is 10.0 Å². The molecule has 9 nitrogen and oxygen atoms in total. The quantitative estimate of drug-likeness (QED) is 0.368. The monoisotopic (exact) mass is 530 g/mol. The van der Waals surface area contributed by atoms with E-state index in [1.54, 1.807) is 0 Å². The SMILES string of the molecule is COCCn1c(N)c(N(Cc2ccccc2)C(=O)CCCOc2ccc(Br)cc2)c(=O)[nH]c1=O. The predicted octanol–water partition coefficient (Wildman–Crippen LogP) is 2.92. The van der Waals surface area contributed by atoms with Crippen LogP contribution in [0.3, 0.4) is 0 Å². The normalized spacial score (nSPS) is 10.8. The number of nitrogens with one attached hydrogen (secondary N) is 1. The minimum atomic E-state index is -0.716. The number of aromatic nitrogens is 2. The van der Waals surface area contributed by atoms with Crippen LogP contribution in [0.1, 0.15) is 18.4 Å². The molecule has 0 saturated heterocycles. The maximum absolute atomic E-state index is 13.3. The Balaban J connectivity index is 1.82. The Hall–Kier alpha value is -3.37. The molecule has 1 amide bonds. The highest BCUT2D eigenvalue weighted by Gasteiger charge is 2.24. The molecule has 10 heteroatoms. The highest BCUT2D eigenvalue weighted by atomic mass is 79.9. The Bertz CT molecular complexity index is 1210. The van der Waals surface area contributed by atoms with Gasteiger partial charge in [-0.3, -0.25) is 19.1 Å². The van der Waals surface area contributed by atoms with Crippen LogP contribution in [0.2, 0.25) is 0 Å². The summed E-state index contributed by atoms with van der Waals surface area (Å²) in [4.78, 5) is 41.9. The van der Waals surface area contributed by atoms with Gasteiger partial charge in [-0.05, 0) is 36.2 Å². The molecule has 3 rings (SSSR count). The summed E-state index contributed by atoms with van der Waals surface area (Å²) in [6.07, 6.45) is 0.556. The number of anilines is 2. The third kappa shape index (κ3) is 6.58. The standard InChI is InChI=1S/C24H27BrN4O5/c1-33-15-13-28-22(26)21(23(31)27-24(28)32)29(16-17-6-3-2-4-7-17)20(30)8-5-14-34-19-11-9-18(25)10-12-19/h2-4,6-7,9-12H,5,8,13-16,26H2,1H3,(H,27,31,32). The van der Waals surface area contributed by atoms with Crippen LogP contribution in [-0.4, -0.2) is 35.8 Å². The van der Waals surface area contributed by atoms with Crippen molar-refractivity contribution in [3.05, 3.63) is 85.5 Å². The summed E-state index contributed by atoms with van der Waals surface area (Å²) in [5.41, 5.74) is 5.61. The van der Waals surface area contributed by atoms with Crippen molar-refractivity contribution in [2.45, 2.75) is 25.9 Å². The van der Waals surface area contributed by atoms with Gasteiger partial charge < -0.3 is 20.1 Å². The van der Waals surface area contributed by atoms with Crippen LogP contribution >= 0.6 is 15.9 Å². The van der Waals surface area contributed by atoms with Gasteiger partial charge in [-0.1, -0.05) is 46.3 Å². The zero-order chi connectivity index (χ0) is 24.5. The lowest BCUT2D eigenvalue weighted by Crippen LogP contribution is -2.41. The van der Waals surface area contributed by atoms with E-state index in [-0.39, 0.29) is 43.5 Å². The predicted molar refractivity (Wildman–Crippen MR) is 134 cm³/mol. The topological polar surface area (TPSA) is 120 Å². The molecule has 0 aliphatic rings. The van der Waals surface area contributed by atoms with Gasteiger partial charge in [0.15, 0.2) is 5.69 Å². The molecule has 0 aliphatic heterocycles. The van der Waals surface area contributed by atoms with Gasteiger partial charge in [-0.2, -0.15) is 0 Å². The summed E-state index contributed by atoms with van der Waals surface area (Å²) in [6.45, 7) is 0.809. The number of hydrogen-bond acceptors (Lipinski definition) is 6. The number of hydrogen-bond donors (Lipinski definition) is 2. The number of carbonyl (C=O) groups excluding carboxylic acids is 1. The van der Waals surface area contributed by atoms with E-state index in [2.05, 4.69) is 20.9 Å². The number of halogens is 1. The second-order valence-corrected chi connectivity index (χ2v) is 8.42.